The van der Waals surface area contributed by atoms with Gasteiger partial charge in [-0.1, -0.05) is 0 Å². The maximum atomic E-state index is 13.0. The SMILES string of the molecule is Cc1cc(Nc2cc(N3CCN(CC(F)(F)F)CC3)nc(Sc3ccc4nc(C(F)(F)F)[nH]c4c3)n2)[nH]n1. The van der Waals surface area contributed by atoms with E-state index in [1.165, 1.54) is 17.0 Å². The Labute approximate surface area is 216 Å². The van der Waals surface area contributed by atoms with Gasteiger partial charge in [0.25, 0.3) is 0 Å². The van der Waals surface area contributed by atoms with Crippen LogP contribution in [0.25, 0.3) is 11.0 Å². The molecule has 0 bridgehead atoms. The number of anilines is 3. The molecule has 202 valence electrons. The molecule has 1 saturated heterocycles. The summed E-state index contributed by atoms with van der Waals surface area (Å²) in [6, 6.07) is 8.08. The highest BCUT2D eigenvalue weighted by molar-refractivity contribution is 7.99. The van der Waals surface area contributed by atoms with Crippen LogP contribution in [0.15, 0.2) is 40.4 Å². The van der Waals surface area contributed by atoms with E-state index in [2.05, 4.69) is 35.5 Å². The van der Waals surface area contributed by atoms with E-state index in [1.807, 2.05) is 11.8 Å². The number of piperazine rings is 1. The number of benzene rings is 1. The van der Waals surface area contributed by atoms with E-state index in [9.17, 15) is 26.3 Å². The summed E-state index contributed by atoms with van der Waals surface area (Å²) >= 11 is 1.13. The summed E-state index contributed by atoms with van der Waals surface area (Å²) in [4.78, 5) is 18.8. The number of aromatic nitrogens is 6. The van der Waals surface area contributed by atoms with Gasteiger partial charge in [-0.15, -0.1) is 0 Å². The first-order valence-corrected chi connectivity index (χ1v) is 12.2. The lowest BCUT2D eigenvalue weighted by molar-refractivity contribution is -0.146. The van der Waals surface area contributed by atoms with E-state index in [0.717, 1.165) is 17.5 Å². The normalized spacial score (nSPS) is 15.4. The molecular formula is C22H21F6N9S. The first-order chi connectivity index (χ1) is 17.9. The molecule has 1 fully saturated rings. The van der Waals surface area contributed by atoms with Gasteiger partial charge in [0.1, 0.15) is 17.5 Å². The fourth-order valence-corrected chi connectivity index (χ4v) is 4.80. The lowest BCUT2D eigenvalue weighted by atomic mass is 10.3. The average molecular weight is 558 g/mol. The molecule has 5 rings (SSSR count). The zero-order valence-electron chi connectivity index (χ0n) is 19.8. The number of nitrogens with one attached hydrogen (secondary N) is 3. The second-order valence-corrected chi connectivity index (χ2v) is 9.73. The van der Waals surface area contributed by atoms with E-state index >= 15 is 0 Å². The molecule has 0 radical (unpaired) electrons. The van der Waals surface area contributed by atoms with Gasteiger partial charge in [0.15, 0.2) is 5.16 Å². The molecular weight excluding hydrogens is 536 g/mol. The van der Waals surface area contributed by atoms with Crippen molar-refractivity contribution < 1.29 is 26.3 Å². The summed E-state index contributed by atoms with van der Waals surface area (Å²) in [5, 5.41) is 10.3. The van der Waals surface area contributed by atoms with Gasteiger partial charge in [-0.3, -0.25) is 10.00 Å². The van der Waals surface area contributed by atoms with Crippen LogP contribution in [0, 0.1) is 6.92 Å². The molecule has 1 aliphatic rings. The number of nitrogens with zero attached hydrogens (tertiary/aromatic N) is 6. The molecule has 0 atom stereocenters. The van der Waals surface area contributed by atoms with Gasteiger partial charge in [-0.2, -0.15) is 31.4 Å². The number of aromatic amines is 2. The van der Waals surface area contributed by atoms with E-state index in [0.29, 0.717) is 40.6 Å². The summed E-state index contributed by atoms with van der Waals surface area (Å²) in [5.41, 5.74) is 1.14. The van der Waals surface area contributed by atoms with Gasteiger partial charge < -0.3 is 15.2 Å². The van der Waals surface area contributed by atoms with Gasteiger partial charge >= 0.3 is 12.4 Å². The van der Waals surface area contributed by atoms with Crippen molar-refractivity contribution >= 4 is 40.2 Å². The van der Waals surface area contributed by atoms with Crippen molar-refractivity contribution in [3.63, 3.8) is 0 Å². The van der Waals surface area contributed by atoms with Gasteiger partial charge in [0, 0.05) is 43.2 Å². The van der Waals surface area contributed by atoms with Crippen molar-refractivity contribution in [2.45, 2.75) is 29.3 Å². The molecule has 38 heavy (non-hydrogen) atoms. The first-order valence-electron chi connectivity index (χ1n) is 11.4. The maximum Gasteiger partial charge on any atom is 0.449 e. The van der Waals surface area contributed by atoms with Gasteiger partial charge in [-0.25, -0.2) is 15.0 Å². The third-order valence-corrected chi connectivity index (χ3v) is 6.55. The van der Waals surface area contributed by atoms with Gasteiger partial charge in [0.2, 0.25) is 5.82 Å². The number of halogens is 6. The Kier molecular flexibility index (Phi) is 6.85. The standard InChI is InChI=1S/C22H21F6N9S/c1-12-8-17(35-34-12)31-16-10-18(37-6-4-36(5-7-37)11-21(23,24)25)33-20(32-16)38-13-2-3-14-15(9-13)30-19(29-14)22(26,27)28/h2-3,8-10H,4-7,11H2,1H3,(H,29,30)(H2,31,32,33,34,35). The molecule has 0 aliphatic carbocycles. The predicted molar refractivity (Wildman–Crippen MR) is 129 cm³/mol. The smallest absolute Gasteiger partial charge is 0.354 e. The van der Waals surface area contributed by atoms with Crippen molar-refractivity contribution in [1.29, 1.82) is 0 Å². The molecule has 3 N–H and O–H groups in total. The summed E-state index contributed by atoms with van der Waals surface area (Å²) in [6.45, 7) is 1.94. The number of hydrogen-bond acceptors (Lipinski definition) is 8. The van der Waals surface area contributed by atoms with E-state index in [4.69, 9.17) is 0 Å². The van der Waals surface area contributed by atoms with Crippen LogP contribution >= 0.6 is 11.8 Å². The van der Waals surface area contributed by atoms with Crippen LogP contribution in [-0.4, -0.2) is 73.9 Å². The number of imidazole rings is 1. The molecule has 4 heterocycles. The zero-order valence-corrected chi connectivity index (χ0v) is 20.6. The molecule has 4 aromatic rings. The number of aryl methyl sites for hydroxylation is 1. The number of H-pyrrole nitrogens is 2. The zero-order chi connectivity index (χ0) is 27.1. The van der Waals surface area contributed by atoms with Crippen molar-refractivity contribution in [3.8, 4) is 0 Å². The van der Waals surface area contributed by atoms with E-state index in [-0.39, 0.29) is 24.1 Å². The first kappa shape index (κ1) is 26.1. The van der Waals surface area contributed by atoms with Crippen molar-refractivity contribution in [1.82, 2.24) is 35.0 Å². The van der Waals surface area contributed by atoms with Crippen molar-refractivity contribution in [2.75, 3.05) is 42.9 Å². The molecule has 0 amide bonds. The van der Waals surface area contributed by atoms with Crippen molar-refractivity contribution in [3.05, 3.63) is 41.9 Å². The quantitative estimate of drug-likeness (QED) is 0.225. The Morgan fingerprint density at radius 2 is 1.74 bits per heavy atom. The van der Waals surface area contributed by atoms with Crippen LogP contribution in [0.1, 0.15) is 11.5 Å². The number of fused-ring (bicyclic) bond motifs is 1. The summed E-state index contributed by atoms with van der Waals surface area (Å²) in [6.07, 6.45) is -8.86. The molecule has 16 heteroatoms. The fourth-order valence-electron chi connectivity index (χ4n) is 3.99. The van der Waals surface area contributed by atoms with Crippen LogP contribution in [0.3, 0.4) is 0 Å². The minimum Gasteiger partial charge on any atom is -0.354 e. The van der Waals surface area contributed by atoms with Crippen LogP contribution < -0.4 is 10.2 Å². The Morgan fingerprint density at radius 3 is 2.39 bits per heavy atom. The lowest BCUT2D eigenvalue weighted by Crippen LogP contribution is -2.49. The third-order valence-electron chi connectivity index (χ3n) is 5.69. The van der Waals surface area contributed by atoms with Gasteiger partial charge in [-0.05, 0) is 36.9 Å². The van der Waals surface area contributed by atoms with Gasteiger partial charge in [0.05, 0.1) is 23.3 Å². The molecule has 0 unspecified atom stereocenters. The highest BCUT2D eigenvalue weighted by atomic mass is 32.2. The molecule has 0 spiro atoms. The molecule has 1 aliphatic heterocycles. The summed E-state index contributed by atoms with van der Waals surface area (Å²) in [5.74, 6) is 0.422. The lowest BCUT2D eigenvalue weighted by Gasteiger charge is -2.35. The second-order valence-electron chi connectivity index (χ2n) is 8.68. The maximum absolute atomic E-state index is 13.0. The highest BCUT2D eigenvalue weighted by Gasteiger charge is 2.35. The molecule has 0 saturated carbocycles. The van der Waals surface area contributed by atoms with Crippen LogP contribution in [0.2, 0.25) is 0 Å². The fraction of sp³-hybridized carbons (Fsp3) is 0.364. The monoisotopic (exact) mass is 557 g/mol. The molecule has 9 nitrogen and oxygen atoms in total. The number of alkyl halides is 6. The Balaban J connectivity index is 1.40. The number of rotatable bonds is 6. The third kappa shape index (κ3) is 6.30. The summed E-state index contributed by atoms with van der Waals surface area (Å²) in [7, 11) is 0. The van der Waals surface area contributed by atoms with E-state index in [1.54, 1.807) is 18.2 Å². The molecule has 3 aromatic heterocycles. The minimum atomic E-state index is -4.60. The molecule has 1 aromatic carbocycles. The Bertz CT molecular complexity index is 1420. The Hall–Kier alpha value is -3.53. The van der Waals surface area contributed by atoms with E-state index < -0.39 is 24.7 Å². The van der Waals surface area contributed by atoms with Crippen molar-refractivity contribution in [2.24, 2.45) is 0 Å². The van der Waals surface area contributed by atoms with Crippen LogP contribution in [0.5, 0.6) is 0 Å². The van der Waals surface area contributed by atoms with Crippen LogP contribution in [-0.2, 0) is 6.18 Å². The second kappa shape index (κ2) is 9.98. The largest absolute Gasteiger partial charge is 0.449 e. The average Bonchev–Trinajstić information content (AvgIpc) is 3.44. The Morgan fingerprint density at radius 1 is 0.974 bits per heavy atom. The topological polar surface area (TPSA) is 102 Å². The predicted octanol–water partition coefficient (Wildman–Crippen LogP) is 4.98. The van der Waals surface area contributed by atoms with Crippen LogP contribution in [0.4, 0.5) is 43.8 Å². The number of hydrogen-bond donors (Lipinski definition) is 3. The minimum absolute atomic E-state index is 0.171. The highest BCUT2D eigenvalue weighted by Crippen LogP contribution is 2.33. The summed E-state index contributed by atoms with van der Waals surface area (Å²) < 4.78 is 77.4.